The highest BCUT2D eigenvalue weighted by Crippen LogP contribution is 2.19. The molecule has 0 radical (unpaired) electrons. The van der Waals surface area contributed by atoms with E-state index in [1.54, 1.807) is 16.8 Å². The second kappa shape index (κ2) is 12.4. The number of likely N-dealkylation sites (tertiary alicyclic amines) is 2. The third kappa shape index (κ3) is 7.33. The molecule has 2 fully saturated rings. The molecule has 2 aliphatic heterocycles. The molecule has 2 aliphatic rings. The molecule has 0 spiro atoms. The van der Waals surface area contributed by atoms with Gasteiger partial charge in [0.05, 0.1) is 19.3 Å². The van der Waals surface area contributed by atoms with E-state index in [4.69, 9.17) is 15.2 Å². The van der Waals surface area contributed by atoms with Crippen LogP contribution < -0.4 is 16.4 Å². The third-order valence-electron chi connectivity index (χ3n) is 6.11. The van der Waals surface area contributed by atoms with Gasteiger partial charge >= 0.3 is 12.1 Å². The largest absolute Gasteiger partial charge is 0.445 e. The van der Waals surface area contributed by atoms with E-state index in [0.717, 1.165) is 18.4 Å². The number of carbonyl (C=O) groups is 3. The first kappa shape index (κ1) is 24.8. The number of benzene rings is 1. The van der Waals surface area contributed by atoms with Gasteiger partial charge in [0.1, 0.15) is 12.6 Å². The van der Waals surface area contributed by atoms with E-state index in [2.05, 4.69) is 10.6 Å². The van der Waals surface area contributed by atoms with Crippen LogP contribution in [0, 0.1) is 0 Å². The van der Waals surface area contributed by atoms with Gasteiger partial charge < -0.3 is 35.6 Å². The molecule has 2 heterocycles. The maximum atomic E-state index is 12.6. The van der Waals surface area contributed by atoms with Crippen LogP contribution in [0.15, 0.2) is 30.3 Å². The Balaban J connectivity index is 1.36. The smallest absolute Gasteiger partial charge is 0.410 e. The van der Waals surface area contributed by atoms with Gasteiger partial charge in [-0.2, -0.15) is 0 Å². The maximum absolute atomic E-state index is 12.6. The molecule has 3 rings (SSSR count). The summed E-state index contributed by atoms with van der Waals surface area (Å²) in [7, 11) is 1.57. The minimum Gasteiger partial charge on any atom is -0.445 e. The number of nitrogens with zero attached hydrogens (tertiary/aromatic N) is 2. The molecule has 1 unspecified atom stereocenters. The summed E-state index contributed by atoms with van der Waals surface area (Å²) in [5, 5.41) is 5.40. The van der Waals surface area contributed by atoms with Gasteiger partial charge in [-0.1, -0.05) is 30.3 Å². The van der Waals surface area contributed by atoms with Crippen LogP contribution in [-0.2, 0) is 20.9 Å². The SMILES string of the molecule is CNC(=O)NC1CCN(C(=O)C(N)COC[C@@H]2CCCN2C(=O)OCc2ccccc2)CC1. The Bertz CT molecular complexity index is 785. The van der Waals surface area contributed by atoms with Crippen molar-refractivity contribution in [3.63, 3.8) is 0 Å². The quantitative estimate of drug-likeness (QED) is 0.531. The molecule has 4 N–H and O–H groups in total. The Morgan fingerprint density at radius 3 is 2.55 bits per heavy atom. The number of nitrogens with two attached hydrogens (primary N) is 1. The first-order valence-electron chi connectivity index (χ1n) is 11.6. The topological polar surface area (TPSA) is 126 Å². The molecule has 10 heteroatoms. The van der Waals surface area contributed by atoms with Gasteiger partial charge in [0.15, 0.2) is 0 Å². The van der Waals surface area contributed by atoms with Crippen molar-refractivity contribution >= 4 is 18.0 Å². The molecular weight excluding hydrogens is 426 g/mol. The summed E-state index contributed by atoms with van der Waals surface area (Å²) in [4.78, 5) is 40.0. The zero-order valence-corrected chi connectivity index (χ0v) is 19.2. The standard InChI is InChI=1S/C23H35N5O5/c1-25-22(30)26-18-9-12-27(13-10-18)21(29)20(24)16-32-15-19-8-5-11-28(19)23(31)33-14-17-6-3-2-4-7-17/h2-4,6-7,18-20H,5,8-16,24H2,1H3,(H2,25,26,30)/t19-,20?/m0/s1. The number of piperidine rings is 1. The van der Waals surface area contributed by atoms with Crippen molar-refractivity contribution < 1.29 is 23.9 Å². The zero-order chi connectivity index (χ0) is 23.6. The van der Waals surface area contributed by atoms with Gasteiger partial charge in [0.25, 0.3) is 0 Å². The van der Waals surface area contributed by atoms with Crippen molar-refractivity contribution in [2.75, 3.05) is 39.9 Å². The lowest BCUT2D eigenvalue weighted by molar-refractivity contribution is -0.135. The van der Waals surface area contributed by atoms with Crippen LogP contribution in [0.25, 0.3) is 0 Å². The molecule has 2 atom stereocenters. The Hall–Kier alpha value is -2.85. The monoisotopic (exact) mass is 461 g/mol. The van der Waals surface area contributed by atoms with Gasteiger partial charge in [-0.15, -0.1) is 0 Å². The van der Waals surface area contributed by atoms with Gasteiger partial charge in [-0.05, 0) is 31.2 Å². The van der Waals surface area contributed by atoms with Crippen molar-refractivity contribution in [3.05, 3.63) is 35.9 Å². The number of ether oxygens (including phenoxy) is 2. The lowest BCUT2D eigenvalue weighted by atomic mass is 10.0. The molecule has 10 nitrogen and oxygen atoms in total. The van der Waals surface area contributed by atoms with Crippen LogP contribution in [-0.4, -0.2) is 85.9 Å². The van der Waals surface area contributed by atoms with Crippen LogP contribution >= 0.6 is 0 Å². The fraction of sp³-hybridized carbons (Fsp3) is 0.609. The summed E-state index contributed by atoms with van der Waals surface area (Å²) in [6.45, 7) is 2.37. The third-order valence-corrected chi connectivity index (χ3v) is 6.11. The Labute approximate surface area is 194 Å². The molecule has 2 saturated heterocycles. The predicted molar refractivity (Wildman–Crippen MR) is 122 cm³/mol. The summed E-state index contributed by atoms with van der Waals surface area (Å²) >= 11 is 0. The number of nitrogens with one attached hydrogen (secondary N) is 2. The summed E-state index contributed by atoms with van der Waals surface area (Å²) in [6, 6.07) is 8.56. The van der Waals surface area contributed by atoms with E-state index in [9.17, 15) is 14.4 Å². The van der Waals surface area contributed by atoms with E-state index in [1.807, 2.05) is 30.3 Å². The van der Waals surface area contributed by atoms with Crippen LogP contribution in [0.4, 0.5) is 9.59 Å². The minimum atomic E-state index is -0.756. The van der Waals surface area contributed by atoms with Crippen molar-refractivity contribution in [3.8, 4) is 0 Å². The molecule has 1 aromatic carbocycles. The Morgan fingerprint density at radius 1 is 1.12 bits per heavy atom. The number of carbonyl (C=O) groups excluding carboxylic acids is 3. The average molecular weight is 462 g/mol. The van der Waals surface area contributed by atoms with Crippen molar-refractivity contribution in [1.29, 1.82) is 0 Å². The van der Waals surface area contributed by atoms with E-state index in [1.165, 1.54) is 0 Å². The van der Waals surface area contributed by atoms with Gasteiger partial charge in [-0.25, -0.2) is 9.59 Å². The maximum Gasteiger partial charge on any atom is 0.410 e. The molecule has 0 saturated carbocycles. The number of rotatable bonds is 8. The lowest BCUT2D eigenvalue weighted by Crippen LogP contribution is -2.53. The molecule has 0 aromatic heterocycles. The second-order valence-electron chi connectivity index (χ2n) is 8.50. The van der Waals surface area contributed by atoms with E-state index in [0.29, 0.717) is 39.1 Å². The van der Waals surface area contributed by atoms with Crippen LogP contribution in [0.1, 0.15) is 31.2 Å². The molecular formula is C23H35N5O5. The number of urea groups is 1. The molecule has 4 amide bonds. The molecule has 33 heavy (non-hydrogen) atoms. The van der Waals surface area contributed by atoms with Crippen LogP contribution in [0.5, 0.6) is 0 Å². The van der Waals surface area contributed by atoms with E-state index < -0.39 is 6.04 Å². The number of hydrogen-bond acceptors (Lipinski definition) is 6. The zero-order valence-electron chi connectivity index (χ0n) is 19.2. The van der Waals surface area contributed by atoms with Crippen molar-refractivity contribution in [2.45, 2.75) is 50.4 Å². The Morgan fingerprint density at radius 2 is 1.85 bits per heavy atom. The normalized spacial score (nSPS) is 19.8. The van der Waals surface area contributed by atoms with Crippen LogP contribution in [0.3, 0.4) is 0 Å². The van der Waals surface area contributed by atoms with Crippen molar-refractivity contribution in [2.24, 2.45) is 5.73 Å². The molecule has 1 aromatic rings. The summed E-state index contributed by atoms with van der Waals surface area (Å²) in [6.07, 6.45) is 2.75. The van der Waals surface area contributed by atoms with Gasteiger partial charge in [-0.3, -0.25) is 4.79 Å². The highest BCUT2D eigenvalue weighted by molar-refractivity contribution is 5.82. The first-order valence-corrected chi connectivity index (χ1v) is 11.6. The van der Waals surface area contributed by atoms with E-state index >= 15 is 0 Å². The summed E-state index contributed by atoms with van der Waals surface area (Å²) in [5.41, 5.74) is 7.02. The van der Waals surface area contributed by atoms with Gasteiger partial charge in [0.2, 0.25) is 5.91 Å². The minimum absolute atomic E-state index is 0.0523. The number of hydrogen-bond donors (Lipinski definition) is 3. The molecule has 182 valence electrons. The Kier molecular flexibility index (Phi) is 9.32. The average Bonchev–Trinajstić information content (AvgIpc) is 3.31. The fourth-order valence-corrected chi connectivity index (χ4v) is 4.19. The fourth-order valence-electron chi connectivity index (χ4n) is 4.19. The van der Waals surface area contributed by atoms with Crippen LogP contribution in [0.2, 0.25) is 0 Å². The highest BCUT2D eigenvalue weighted by atomic mass is 16.6. The van der Waals surface area contributed by atoms with E-state index in [-0.39, 0.29) is 43.3 Å². The lowest BCUT2D eigenvalue weighted by Gasteiger charge is -2.33. The van der Waals surface area contributed by atoms with Gasteiger partial charge in [0, 0.05) is 32.7 Å². The number of amides is 4. The molecule has 0 bridgehead atoms. The predicted octanol–water partition coefficient (Wildman–Crippen LogP) is 1.05. The molecule has 0 aliphatic carbocycles. The first-order chi connectivity index (χ1) is 16.0. The van der Waals surface area contributed by atoms with Crippen molar-refractivity contribution in [1.82, 2.24) is 20.4 Å². The highest BCUT2D eigenvalue weighted by Gasteiger charge is 2.31. The second-order valence-corrected chi connectivity index (χ2v) is 8.50. The summed E-state index contributed by atoms with van der Waals surface area (Å²) in [5.74, 6) is -0.154. The summed E-state index contributed by atoms with van der Waals surface area (Å²) < 4.78 is 11.2.